The molecule has 1 heterocycles. The third-order valence-electron chi connectivity index (χ3n) is 2.63. The van der Waals surface area contributed by atoms with Crippen LogP contribution in [0.4, 0.5) is 5.69 Å². The van der Waals surface area contributed by atoms with E-state index < -0.39 is 5.97 Å². The molecular weight excluding hydrogens is 278 g/mol. The molecule has 0 atom stereocenters. The van der Waals surface area contributed by atoms with Gasteiger partial charge in [-0.15, -0.1) is 0 Å². The van der Waals surface area contributed by atoms with E-state index in [4.69, 9.17) is 27.3 Å². The smallest absolute Gasteiger partial charge is 0.340 e. The number of carbonyl (C=O) groups excluding carboxylic acids is 1. The Morgan fingerprint density at radius 2 is 2.20 bits per heavy atom. The fourth-order valence-electron chi connectivity index (χ4n) is 1.59. The first-order valence-electron chi connectivity index (χ1n) is 5.68. The highest BCUT2D eigenvalue weighted by molar-refractivity contribution is 6.33. The molecule has 20 heavy (non-hydrogen) atoms. The predicted molar refractivity (Wildman–Crippen MR) is 73.9 cm³/mol. The van der Waals surface area contributed by atoms with Gasteiger partial charge in [-0.25, -0.2) is 9.78 Å². The van der Waals surface area contributed by atoms with Crippen LogP contribution in [0.1, 0.15) is 21.6 Å². The van der Waals surface area contributed by atoms with Crippen molar-refractivity contribution >= 4 is 23.3 Å². The van der Waals surface area contributed by atoms with Crippen LogP contribution in [0.25, 0.3) is 0 Å². The van der Waals surface area contributed by atoms with Gasteiger partial charge in [-0.1, -0.05) is 23.7 Å². The normalized spacial score (nSPS) is 9.80. The number of anilines is 1. The third-order valence-corrected chi connectivity index (χ3v) is 2.96. The summed E-state index contributed by atoms with van der Waals surface area (Å²) in [5.41, 5.74) is 6.83. The fraction of sp³-hybridized carbons (Fsp3) is 0.0714. The number of hydrogen-bond donors (Lipinski definition) is 1. The summed E-state index contributed by atoms with van der Waals surface area (Å²) in [6.45, 7) is -0.0540. The van der Waals surface area contributed by atoms with Gasteiger partial charge in [0.1, 0.15) is 18.4 Å². The summed E-state index contributed by atoms with van der Waals surface area (Å²) in [5.74, 6) is -0.599. The Bertz CT molecular complexity index is 695. The molecule has 100 valence electrons. The number of halogens is 1. The van der Waals surface area contributed by atoms with Gasteiger partial charge in [-0.2, -0.15) is 5.26 Å². The summed E-state index contributed by atoms with van der Waals surface area (Å²) in [5, 5.41) is 9.18. The minimum absolute atomic E-state index is 0.0540. The molecule has 2 N–H and O–H groups in total. The van der Waals surface area contributed by atoms with E-state index in [1.807, 2.05) is 6.07 Å². The number of pyridine rings is 1. The molecule has 0 amide bonds. The van der Waals surface area contributed by atoms with Gasteiger partial charge < -0.3 is 10.5 Å². The minimum atomic E-state index is -0.599. The molecule has 0 aliphatic rings. The van der Waals surface area contributed by atoms with Crippen molar-refractivity contribution < 1.29 is 9.53 Å². The number of nitrogens with two attached hydrogens (primary N) is 1. The Labute approximate surface area is 120 Å². The second-order valence-corrected chi connectivity index (χ2v) is 4.31. The van der Waals surface area contributed by atoms with Crippen molar-refractivity contribution in [1.29, 1.82) is 5.26 Å². The Balaban J connectivity index is 2.13. The van der Waals surface area contributed by atoms with E-state index in [-0.39, 0.29) is 23.6 Å². The van der Waals surface area contributed by atoms with Crippen LogP contribution in [-0.4, -0.2) is 11.0 Å². The molecule has 2 aromatic rings. The van der Waals surface area contributed by atoms with E-state index in [1.165, 1.54) is 12.3 Å². The van der Waals surface area contributed by atoms with Crippen LogP contribution in [0, 0.1) is 11.3 Å². The molecular formula is C14H10ClN3O2. The minimum Gasteiger partial charge on any atom is -0.457 e. The van der Waals surface area contributed by atoms with Gasteiger partial charge in [0, 0.05) is 11.8 Å². The monoisotopic (exact) mass is 287 g/mol. The third kappa shape index (κ3) is 2.87. The van der Waals surface area contributed by atoms with Gasteiger partial charge in [0.2, 0.25) is 0 Å². The number of nitrogen functional groups attached to an aromatic ring is 1. The lowest BCUT2D eigenvalue weighted by molar-refractivity contribution is 0.0473. The van der Waals surface area contributed by atoms with Crippen molar-refractivity contribution in [1.82, 2.24) is 4.98 Å². The molecule has 1 aromatic heterocycles. The zero-order chi connectivity index (χ0) is 14.5. The molecule has 5 nitrogen and oxygen atoms in total. The Morgan fingerprint density at radius 1 is 1.40 bits per heavy atom. The number of rotatable bonds is 3. The van der Waals surface area contributed by atoms with Crippen molar-refractivity contribution in [2.45, 2.75) is 6.61 Å². The van der Waals surface area contributed by atoms with E-state index in [9.17, 15) is 4.79 Å². The summed E-state index contributed by atoms with van der Waals surface area (Å²) in [6, 6.07) is 9.99. The summed E-state index contributed by atoms with van der Waals surface area (Å²) in [4.78, 5) is 15.8. The van der Waals surface area contributed by atoms with Crippen LogP contribution in [0.3, 0.4) is 0 Å². The summed E-state index contributed by atoms with van der Waals surface area (Å²) < 4.78 is 5.12. The van der Waals surface area contributed by atoms with Crippen LogP contribution < -0.4 is 5.73 Å². The first-order chi connectivity index (χ1) is 9.63. The molecule has 0 radical (unpaired) electrons. The highest BCUT2D eigenvalue weighted by Gasteiger charge is 2.14. The van der Waals surface area contributed by atoms with Gasteiger partial charge in [0.15, 0.2) is 0 Å². The van der Waals surface area contributed by atoms with E-state index in [0.717, 1.165) is 0 Å². The van der Waals surface area contributed by atoms with E-state index in [1.54, 1.807) is 24.3 Å². The van der Waals surface area contributed by atoms with Crippen LogP contribution >= 0.6 is 11.6 Å². The molecule has 0 spiro atoms. The molecule has 0 saturated carbocycles. The molecule has 0 bridgehead atoms. The summed E-state index contributed by atoms with van der Waals surface area (Å²) in [6.07, 6.45) is 1.50. The SMILES string of the molecule is N#Cc1ncccc1COC(=O)c1cccc(Cl)c1N. The number of esters is 1. The molecule has 1 aromatic carbocycles. The standard InChI is InChI=1S/C14H10ClN3O2/c15-11-5-1-4-10(13(11)17)14(19)20-8-9-3-2-6-18-12(9)7-16/h1-6H,8,17H2. The lowest BCUT2D eigenvalue weighted by Crippen LogP contribution is -2.09. The Morgan fingerprint density at radius 3 is 2.95 bits per heavy atom. The first kappa shape index (κ1) is 13.8. The fourth-order valence-corrected chi connectivity index (χ4v) is 1.77. The zero-order valence-electron chi connectivity index (χ0n) is 10.3. The van der Waals surface area contributed by atoms with Gasteiger partial charge in [0.05, 0.1) is 16.3 Å². The van der Waals surface area contributed by atoms with Crippen molar-refractivity contribution in [3.05, 3.63) is 58.4 Å². The average molecular weight is 288 g/mol. The quantitative estimate of drug-likeness (QED) is 0.692. The summed E-state index contributed by atoms with van der Waals surface area (Å²) >= 11 is 5.84. The Hall–Kier alpha value is -2.58. The Kier molecular flexibility index (Phi) is 4.18. The number of nitrogens with zero attached hydrogens (tertiary/aromatic N) is 2. The summed E-state index contributed by atoms with van der Waals surface area (Å²) in [7, 11) is 0. The first-order valence-corrected chi connectivity index (χ1v) is 6.06. The molecule has 0 unspecified atom stereocenters. The molecule has 0 aliphatic carbocycles. The topological polar surface area (TPSA) is 89.0 Å². The number of benzene rings is 1. The molecule has 0 fully saturated rings. The van der Waals surface area contributed by atoms with Crippen LogP contribution in [0.15, 0.2) is 36.5 Å². The van der Waals surface area contributed by atoms with Gasteiger partial charge in [-0.05, 0) is 18.2 Å². The van der Waals surface area contributed by atoms with Crippen molar-refractivity contribution in [3.63, 3.8) is 0 Å². The van der Waals surface area contributed by atoms with Crippen molar-refractivity contribution in [2.24, 2.45) is 0 Å². The highest BCUT2D eigenvalue weighted by Crippen LogP contribution is 2.23. The molecule has 0 saturated heterocycles. The largest absolute Gasteiger partial charge is 0.457 e. The van der Waals surface area contributed by atoms with E-state index >= 15 is 0 Å². The van der Waals surface area contributed by atoms with E-state index in [2.05, 4.69) is 4.98 Å². The second-order valence-electron chi connectivity index (χ2n) is 3.90. The number of aromatic nitrogens is 1. The van der Waals surface area contributed by atoms with Crippen molar-refractivity contribution in [3.8, 4) is 6.07 Å². The lowest BCUT2D eigenvalue weighted by Gasteiger charge is -2.08. The van der Waals surface area contributed by atoms with E-state index in [0.29, 0.717) is 10.6 Å². The van der Waals surface area contributed by atoms with Crippen molar-refractivity contribution in [2.75, 3.05) is 5.73 Å². The molecule has 0 aliphatic heterocycles. The molecule has 2 rings (SSSR count). The lowest BCUT2D eigenvalue weighted by atomic mass is 10.2. The number of hydrogen-bond acceptors (Lipinski definition) is 5. The van der Waals surface area contributed by atoms with Gasteiger partial charge in [0.25, 0.3) is 0 Å². The maximum Gasteiger partial charge on any atom is 0.340 e. The average Bonchev–Trinajstić information content (AvgIpc) is 2.48. The van der Waals surface area contributed by atoms with Crippen LogP contribution in [0.5, 0.6) is 0 Å². The number of nitriles is 1. The van der Waals surface area contributed by atoms with Gasteiger partial charge >= 0.3 is 5.97 Å². The number of carbonyl (C=O) groups is 1. The highest BCUT2D eigenvalue weighted by atomic mass is 35.5. The second kappa shape index (κ2) is 6.04. The number of para-hydroxylation sites is 1. The molecule has 6 heteroatoms. The van der Waals surface area contributed by atoms with Crippen LogP contribution in [-0.2, 0) is 11.3 Å². The number of ether oxygens (including phenoxy) is 1. The zero-order valence-corrected chi connectivity index (χ0v) is 11.1. The maximum absolute atomic E-state index is 11.9. The maximum atomic E-state index is 11.9. The predicted octanol–water partition coefficient (Wildman–Crippen LogP) is 2.55. The van der Waals surface area contributed by atoms with Crippen LogP contribution in [0.2, 0.25) is 5.02 Å². The van der Waals surface area contributed by atoms with Gasteiger partial charge in [-0.3, -0.25) is 0 Å².